The van der Waals surface area contributed by atoms with Crippen LogP contribution < -0.4 is 0 Å². The highest BCUT2D eigenvalue weighted by atomic mass is 15.4. The maximum atomic E-state index is 2.44. The van der Waals surface area contributed by atoms with Gasteiger partial charge in [0.2, 0.25) is 6.34 Å². The van der Waals surface area contributed by atoms with Crippen LogP contribution in [0.4, 0.5) is 0 Å². The third kappa shape index (κ3) is 2.21. The van der Waals surface area contributed by atoms with Gasteiger partial charge in [-0.2, -0.15) is 0 Å². The third-order valence-electron chi connectivity index (χ3n) is 2.35. The minimum atomic E-state index is 1.09. The number of hydrogen-bond acceptors (Lipinski definition) is 2. The van der Waals surface area contributed by atoms with Crippen molar-refractivity contribution in [3.63, 3.8) is 0 Å². The minimum Gasteiger partial charge on any atom is -0.255 e. The van der Waals surface area contributed by atoms with Crippen molar-refractivity contribution in [3.05, 3.63) is 0 Å². The second-order valence-electron chi connectivity index (χ2n) is 3.20. The van der Waals surface area contributed by atoms with E-state index in [0.717, 1.165) is 33.0 Å². The van der Waals surface area contributed by atoms with Crippen LogP contribution in [0.5, 0.6) is 0 Å². The van der Waals surface area contributed by atoms with E-state index < -0.39 is 0 Å². The predicted molar refractivity (Wildman–Crippen MR) is 51.4 cm³/mol. The van der Waals surface area contributed by atoms with Gasteiger partial charge in [-0.05, 0) is 13.8 Å². The summed E-state index contributed by atoms with van der Waals surface area (Å²) in [5.41, 5.74) is 0. The molecule has 70 valence electrons. The number of rotatable bonds is 3. The first kappa shape index (κ1) is 9.52. The second-order valence-corrected chi connectivity index (χ2v) is 3.20. The van der Waals surface area contributed by atoms with Crippen LogP contribution in [0.15, 0.2) is 0 Å². The van der Waals surface area contributed by atoms with Crippen molar-refractivity contribution in [2.24, 2.45) is 0 Å². The van der Waals surface area contributed by atoms with Crippen molar-refractivity contribution in [1.82, 2.24) is 9.80 Å². The van der Waals surface area contributed by atoms with Crippen LogP contribution in [-0.4, -0.2) is 53.7 Å². The SMILES string of the molecule is CCN1C=[N+](CC)CN(CC)C1. The van der Waals surface area contributed by atoms with E-state index >= 15 is 0 Å². The first-order valence-corrected chi connectivity index (χ1v) is 4.85. The van der Waals surface area contributed by atoms with Gasteiger partial charge in [0.25, 0.3) is 0 Å². The molecule has 1 aliphatic rings. The molecule has 0 N–H and O–H groups in total. The molecule has 3 heteroatoms. The summed E-state index contributed by atoms with van der Waals surface area (Å²) in [6.07, 6.45) is 2.24. The Hall–Kier alpha value is -0.570. The van der Waals surface area contributed by atoms with Crippen molar-refractivity contribution >= 4 is 6.34 Å². The van der Waals surface area contributed by atoms with Gasteiger partial charge in [0.05, 0.1) is 13.1 Å². The molecule has 3 nitrogen and oxygen atoms in total. The van der Waals surface area contributed by atoms with Crippen LogP contribution in [0.1, 0.15) is 20.8 Å². The highest BCUT2D eigenvalue weighted by Crippen LogP contribution is 1.98. The Kier molecular flexibility index (Phi) is 3.53. The van der Waals surface area contributed by atoms with E-state index in [0.29, 0.717) is 0 Å². The molecular formula is C9H20N3+. The standard InChI is InChI=1S/C9H20N3/c1-4-10-7-11(5-2)9-12(6-3)8-10/h7H,4-6,8-9H2,1-3H3/q+1. The average molecular weight is 170 g/mol. The van der Waals surface area contributed by atoms with Crippen LogP contribution in [0, 0.1) is 0 Å². The van der Waals surface area contributed by atoms with Gasteiger partial charge >= 0.3 is 0 Å². The molecule has 0 aromatic rings. The van der Waals surface area contributed by atoms with Crippen molar-refractivity contribution in [2.45, 2.75) is 20.8 Å². The lowest BCUT2D eigenvalue weighted by atomic mass is 10.5. The van der Waals surface area contributed by atoms with Gasteiger partial charge in [0.1, 0.15) is 13.3 Å². The summed E-state index contributed by atoms with van der Waals surface area (Å²) in [7, 11) is 0. The van der Waals surface area contributed by atoms with Crippen LogP contribution in [-0.2, 0) is 0 Å². The normalized spacial score (nSPS) is 19.6. The van der Waals surface area contributed by atoms with Gasteiger partial charge in [0.15, 0.2) is 0 Å². The first-order valence-electron chi connectivity index (χ1n) is 4.85. The topological polar surface area (TPSA) is 9.49 Å². The molecular weight excluding hydrogens is 150 g/mol. The van der Waals surface area contributed by atoms with Crippen molar-refractivity contribution in [2.75, 3.05) is 33.0 Å². The van der Waals surface area contributed by atoms with E-state index in [1.54, 1.807) is 0 Å². The Labute approximate surface area is 75.3 Å². The lowest BCUT2D eigenvalue weighted by Gasteiger charge is -2.28. The third-order valence-corrected chi connectivity index (χ3v) is 2.35. The molecule has 0 bridgehead atoms. The Bertz CT molecular complexity index is 165. The Balaban J connectivity index is 2.57. The Morgan fingerprint density at radius 3 is 2.50 bits per heavy atom. The predicted octanol–water partition coefficient (Wildman–Crippen LogP) is 0.619. The summed E-state index contributed by atoms with van der Waals surface area (Å²) < 4.78 is 2.34. The largest absolute Gasteiger partial charge is 0.255 e. The summed E-state index contributed by atoms with van der Waals surface area (Å²) in [5, 5.41) is 0. The smallest absolute Gasteiger partial charge is 0.236 e. The molecule has 0 atom stereocenters. The average Bonchev–Trinajstić information content (AvgIpc) is 2.16. The van der Waals surface area contributed by atoms with E-state index in [1.807, 2.05) is 0 Å². The molecule has 1 aliphatic heterocycles. The van der Waals surface area contributed by atoms with Crippen molar-refractivity contribution in [1.29, 1.82) is 0 Å². The summed E-state index contributed by atoms with van der Waals surface area (Å²) in [5.74, 6) is 0. The molecule has 0 aromatic heterocycles. The Morgan fingerprint density at radius 1 is 1.25 bits per heavy atom. The summed E-state index contributed by atoms with van der Waals surface area (Å²) in [4.78, 5) is 4.78. The van der Waals surface area contributed by atoms with Crippen LogP contribution >= 0.6 is 0 Å². The Morgan fingerprint density at radius 2 is 2.00 bits per heavy atom. The highest BCUT2D eigenvalue weighted by Gasteiger charge is 2.18. The fraction of sp³-hybridized carbons (Fsp3) is 0.889. The number of hydrogen-bond donors (Lipinski definition) is 0. The zero-order chi connectivity index (χ0) is 8.97. The van der Waals surface area contributed by atoms with E-state index in [9.17, 15) is 0 Å². The molecule has 12 heavy (non-hydrogen) atoms. The first-order chi connectivity index (χ1) is 5.80. The molecule has 1 rings (SSSR count). The van der Waals surface area contributed by atoms with Crippen LogP contribution in [0.2, 0.25) is 0 Å². The maximum Gasteiger partial charge on any atom is 0.236 e. The summed E-state index contributed by atoms with van der Waals surface area (Å²) >= 11 is 0. The van der Waals surface area contributed by atoms with E-state index in [4.69, 9.17) is 0 Å². The molecule has 0 aromatic carbocycles. The molecule has 0 radical (unpaired) electrons. The number of nitrogens with zero attached hydrogens (tertiary/aromatic N) is 3. The van der Waals surface area contributed by atoms with Gasteiger partial charge in [-0.15, -0.1) is 0 Å². The molecule has 0 fully saturated rings. The zero-order valence-electron chi connectivity index (χ0n) is 8.45. The molecule has 1 heterocycles. The molecule has 0 unspecified atom stereocenters. The maximum absolute atomic E-state index is 2.44. The fourth-order valence-corrected chi connectivity index (χ4v) is 1.43. The monoisotopic (exact) mass is 170 g/mol. The van der Waals surface area contributed by atoms with Crippen molar-refractivity contribution in [3.8, 4) is 0 Å². The molecule has 0 amide bonds. The van der Waals surface area contributed by atoms with E-state index in [-0.39, 0.29) is 0 Å². The van der Waals surface area contributed by atoms with Gasteiger partial charge in [-0.1, -0.05) is 6.92 Å². The van der Waals surface area contributed by atoms with Gasteiger partial charge in [0, 0.05) is 6.54 Å². The molecule has 0 saturated carbocycles. The fourth-order valence-electron chi connectivity index (χ4n) is 1.43. The quantitative estimate of drug-likeness (QED) is 0.574. The lowest BCUT2D eigenvalue weighted by Crippen LogP contribution is -2.48. The molecule has 0 aliphatic carbocycles. The van der Waals surface area contributed by atoms with E-state index in [2.05, 4.69) is 41.5 Å². The molecule has 0 saturated heterocycles. The summed E-state index contributed by atoms with van der Waals surface area (Å²) in [6.45, 7) is 12.1. The van der Waals surface area contributed by atoms with Gasteiger partial charge in [-0.3, -0.25) is 9.48 Å². The van der Waals surface area contributed by atoms with Crippen molar-refractivity contribution < 1.29 is 4.58 Å². The van der Waals surface area contributed by atoms with Crippen LogP contribution in [0.3, 0.4) is 0 Å². The summed E-state index contributed by atoms with van der Waals surface area (Å²) in [6, 6.07) is 0. The lowest BCUT2D eigenvalue weighted by molar-refractivity contribution is -0.554. The highest BCUT2D eigenvalue weighted by molar-refractivity contribution is 5.49. The minimum absolute atomic E-state index is 1.09. The second kappa shape index (κ2) is 4.45. The van der Waals surface area contributed by atoms with Gasteiger partial charge in [-0.25, -0.2) is 4.90 Å². The van der Waals surface area contributed by atoms with Gasteiger partial charge < -0.3 is 0 Å². The van der Waals surface area contributed by atoms with Crippen LogP contribution in [0.25, 0.3) is 0 Å². The molecule has 0 spiro atoms. The zero-order valence-corrected chi connectivity index (χ0v) is 8.45. The van der Waals surface area contributed by atoms with E-state index in [1.165, 1.54) is 0 Å².